The Kier molecular flexibility index (Phi) is 5.04. The van der Waals surface area contributed by atoms with Gasteiger partial charge >= 0.3 is 0 Å². The fraction of sp³-hybridized carbons (Fsp3) is 0.350. The maximum Gasteiger partial charge on any atom is 0.224 e. The van der Waals surface area contributed by atoms with Crippen LogP contribution in [0.3, 0.4) is 0 Å². The third-order valence-corrected chi connectivity index (χ3v) is 4.25. The molecule has 2 aromatic carbocycles. The molecule has 126 valence electrons. The van der Waals surface area contributed by atoms with Crippen molar-refractivity contribution in [2.24, 2.45) is 0 Å². The maximum absolute atomic E-state index is 12.3. The van der Waals surface area contributed by atoms with E-state index in [1.165, 1.54) is 5.56 Å². The Labute approximate surface area is 142 Å². The Morgan fingerprint density at radius 1 is 1.12 bits per heavy atom. The molecule has 1 heterocycles. The van der Waals surface area contributed by atoms with Crippen LogP contribution in [0.15, 0.2) is 36.4 Å². The highest BCUT2D eigenvalue weighted by Gasteiger charge is 2.13. The van der Waals surface area contributed by atoms with Gasteiger partial charge in [-0.3, -0.25) is 4.79 Å². The number of rotatable bonds is 5. The second-order valence-electron chi connectivity index (χ2n) is 5.99. The van der Waals surface area contributed by atoms with E-state index in [0.717, 1.165) is 34.7 Å². The molecule has 1 aliphatic heterocycles. The fourth-order valence-corrected chi connectivity index (χ4v) is 2.91. The highest BCUT2D eigenvalue weighted by atomic mass is 16.6. The van der Waals surface area contributed by atoms with E-state index in [1.807, 2.05) is 37.3 Å². The van der Waals surface area contributed by atoms with Gasteiger partial charge in [-0.25, -0.2) is 0 Å². The SMILES string of the molecule is CCc1cccc(C)c1NC(=O)CCc1ccc2c(c1)OCCO2. The van der Waals surface area contributed by atoms with Crippen LogP contribution in [-0.2, 0) is 17.6 Å². The first-order valence-corrected chi connectivity index (χ1v) is 8.44. The molecule has 1 amide bonds. The lowest BCUT2D eigenvalue weighted by molar-refractivity contribution is -0.116. The third kappa shape index (κ3) is 3.70. The van der Waals surface area contributed by atoms with Crippen LogP contribution in [-0.4, -0.2) is 19.1 Å². The summed E-state index contributed by atoms with van der Waals surface area (Å²) in [5, 5.41) is 3.07. The van der Waals surface area contributed by atoms with Gasteiger partial charge < -0.3 is 14.8 Å². The van der Waals surface area contributed by atoms with Gasteiger partial charge in [-0.2, -0.15) is 0 Å². The van der Waals surface area contributed by atoms with E-state index >= 15 is 0 Å². The maximum atomic E-state index is 12.3. The topological polar surface area (TPSA) is 47.6 Å². The lowest BCUT2D eigenvalue weighted by atomic mass is 10.0. The van der Waals surface area contributed by atoms with Gasteiger partial charge in [0.1, 0.15) is 13.2 Å². The van der Waals surface area contributed by atoms with Gasteiger partial charge in [0, 0.05) is 12.1 Å². The standard InChI is InChI=1S/C20H23NO3/c1-3-16-6-4-5-14(2)20(16)21-19(22)10-8-15-7-9-17-18(13-15)24-12-11-23-17/h4-7,9,13H,3,8,10-12H2,1-2H3,(H,21,22). The fourth-order valence-electron chi connectivity index (χ4n) is 2.91. The van der Waals surface area contributed by atoms with Crippen molar-refractivity contribution in [3.63, 3.8) is 0 Å². The van der Waals surface area contributed by atoms with Gasteiger partial charge in [-0.15, -0.1) is 0 Å². The average Bonchev–Trinajstić information content (AvgIpc) is 2.61. The molecule has 0 aliphatic carbocycles. The number of amides is 1. The molecule has 0 unspecified atom stereocenters. The molecule has 4 nitrogen and oxygen atoms in total. The normalized spacial score (nSPS) is 12.8. The Bertz CT molecular complexity index is 740. The molecule has 1 N–H and O–H groups in total. The van der Waals surface area contributed by atoms with Crippen molar-refractivity contribution in [2.45, 2.75) is 33.1 Å². The minimum atomic E-state index is 0.0360. The summed E-state index contributed by atoms with van der Waals surface area (Å²) in [7, 11) is 0. The van der Waals surface area contributed by atoms with E-state index in [9.17, 15) is 4.79 Å². The number of aryl methyl sites for hydroxylation is 3. The molecule has 0 saturated heterocycles. The monoisotopic (exact) mass is 325 g/mol. The van der Waals surface area contributed by atoms with Crippen LogP contribution in [0.5, 0.6) is 11.5 Å². The summed E-state index contributed by atoms with van der Waals surface area (Å²) < 4.78 is 11.1. The molecule has 0 spiro atoms. The molecule has 0 atom stereocenters. The quantitative estimate of drug-likeness (QED) is 0.907. The summed E-state index contributed by atoms with van der Waals surface area (Å²) >= 11 is 0. The van der Waals surface area contributed by atoms with Gasteiger partial charge in [0.15, 0.2) is 11.5 Å². The van der Waals surface area contributed by atoms with Gasteiger partial charge in [-0.1, -0.05) is 31.2 Å². The minimum Gasteiger partial charge on any atom is -0.486 e. The molecular formula is C20H23NO3. The highest BCUT2D eigenvalue weighted by Crippen LogP contribution is 2.31. The molecule has 2 aromatic rings. The zero-order valence-corrected chi connectivity index (χ0v) is 14.2. The van der Waals surface area contributed by atoms with Gasteiger partial charge in [-0.05, 0) is 48.6 Å². The molecule has 0 bridgehead atoms. The summed E-state index contributed by atoms with van der Waals surface area (Å²) in [6.07, 6.45) is 2.02. The van der Waals surface area contributed by atoms with Crippen LogP contribution in [0, 0.1) is 6.92 Å². The van der Waals surface area contributed by atoms with Gasteiger partial charge in [0.25, 0.3) is 0 Å². The number of carbonyl (C=O) groups excluding carboxylic acids is 1. The molecule has 4 heteroatoms. The number of carbonyl (C=O) groups is 1. The Hall–Kier alpha value is -2.49. The summed E-state index contributed by atoms with van der Waals surface area (Å²) in [6, 6.07) is 12.0. The van der Waals surface area contributed by atoms with Crippen LogP contribution in [0.1, 0.15) is 30.0 Å². The van der Waals surface area contributed by atoms with Crippen LogP contribution >= 0.6 is 0 Å². The molecule has 24 heavy (non-hydrogen) atoms. The summed E-state index contributed by atoms with van der Waals surface area (Å²) in [5.41, 5.74) is 4.30. The number of benzene rings is 2. The first kappa shape index (κ1) is 16.4. The smallest absolute Gasteiger partial charge is 0.224 e. The van der Waals surface area contributed by atoms with Crippen LogP contribution in [0.4, 0.5) is 5.69 Å². The lowest BCUT2D eigenvalue weighted by Crippen LogP contribution is -2.16. The van der Waals surface area contributed by atoms with Crippen LogP contribution in [0.25, 0.3) is 0 Å². The summed E-state index contributed by atoms with van der Waals surface area (Å²) in [5.74, 6) is 1.59. The van der Waals surface area contributed by atoms with E-state index in [2.05, 4.69) is 18.3 Å². The van der Waals surface area contributed by atoms with Crippen molar-refractivity contribution < 1.29 is 14.3 Å². The van der Waals surface area contributed by atoms with Crippen molar-refractivity contribution in [1.29, 1.82) is 0 Å². The van der Waals surface area contributed by atoms with Crippen LogP contribution in [0.2, 0.25) is 0 Å². The Morgan fingerprint density at radius 2 is 1.92 bits per heavy atom. The Balaban J connectivity index is 1.62. The first-order chi connectivity index (χ1) is 11.7. The van der Waals surface area contributed by atoms with Crippen molar-refractivity contribution in [3.05, 3.63) is 53.1 Å². The zero-order chi connectivity index (χ0) is 16.9. The summed E-state index contributed by atoms with van der Waals surface area (Å²) in [4.78, 5) is 12.3. The number of hydrogen-bond donors (Lipinski definition) is 1. The number of para-hydroxylation sites is 1. The highest BCUT2D eigenvalue weighted by molar-refractivity contribution is 5.92. The first-order valence-electron chi connectivity index (χ1n) is 8.44. The largest absolute Gasteiger partial charge is 0.486 e. The zero-order valence-electron chi connectivity index (χ0n) is 14.2. The molecule has 1 aliphatic rings. The van der Waals surface area contributed by atoms with E-state index < -0.39 is 0 Å². The minimum absolute atomic E-state index is 0.0360. The average molecular weight is 325 g/mol. The second kappa shape index (κ2) is 7.39. The Morgan fingerprint density at radius 3 is 2.71 bits per heavy atom. The van der Waals surface area contributed by atoms with Crippen molar-refractivity contribution in [3.8, 4) is 11.5 Å². The molecule has 3 rings (SSSR count). The number of nitrogens with one attached hydrogen (secondary N) is 1. The van der Waals surface area contributed by atoms with Gasteiger partial charge in [0.2, 0.25) is 5.91 Å². The van der Waals surface area contributed by atoms with E-state index in [0.29, 0.717) is 26.1 Å². The summed E-state index contributed by atoms with van der Waals surface area (Å²) in [6.45, 7) is 5.28. The van der Waals surface area contributed by atoms with Crippen molar-refractivity contribution in [2.75, 3.05) is 18.5 Å². The second-order valence-corrected chi connectivity index (χ2v) is 5.99. The number of anilines is 1. The molecule has 0 radical (unpaired) electrons. The van der Waals surface area contributed by atoms with Crippen molar-refractivity contribution >= 4 is 11.6 Å². The lowest BCUT2D eigenvalue weighted by Gasteiger charge is -2.19. The molecule has 0 aromatic heterocycles. The van der Waals surface area contributed by atoms with E-state index in [-0.39, 0.29) is 5.91 Å². The molecular weight excluding hydrogens is 302 g/mol. The predicted octanol–water partition coefficient (Wildman–Crippen LogP) is 3.90. The third-order valence-electron chi connectivity index (χ3n) is 4.25. The predicted molar refractivity (Wildman–Crippen MR) is 94.9 cm³/mol. The number of hydrogen-bond acceptors (Lipinski definition) is 3. The number of fused-ring (bicyclic) bond motifs is 1. The van der Waals surface area contributed by atoms with E-state index in [4.69, 9.17) is 9.47 Å². The van der Waals surface area contributed by atoms with Crippen LogP contribution < -0.4 is 14.8 Å². The molecule has 0 fully saturated rings. The van der Waals surface area contributed by atoms with Crippen molar-refractivity contribution in [1.82, 2.24) is 0 Å². The number of ether oxygens (including phenoxy) is 2. The van der Waals surface area contributed by atoms with E-state index in [1.54, 1.807) is 0 Å². The molecule has 0 saturated carbocycles. The van der Waals surface area contributed by atoms with Gasteiger partial charge in [0.05, 0.1) is 0 Å².